The fourth-order valence-electron chi connectivity index (χ4n) is 11.5. The summed E-state index contributed by atoms with van der Waals surface area (Å²) >= 11 is 0. The molecule has 11 aromatic carbocycles. The highest BCUT2D eigenvalue weighted by Gasteiger charge is 2.36. The molecule has 1 aliphatic rings. The zero-order valence-electron chi connectivity index (χ0n) is 42.0. The van der Waals surface area contributed by atoms with Gasteiger partial charge in [-0.15, -0.1) is 0 Å². The van der Waals surface area contributed by atoms with Crippen molar-refractivity contribution in [3.63, 3.8) is 0 Å². The summed E-state index contributed by atoms with van der Waals surface area (Å²) in [5, 5.41) is 2.30. The van der Waals surface area contributed by atoms with Crippen molar-refractivity contribution in [3.8, 4) is 107 Å². The standard InChI is InChI=1S/C72H48N4/c1-72(2)65-35-17-15-33-61(65)63-45-64-62-34-16-18-36-67(62)76(68(64)46-66(63)72)71-74-69(53-31-19-29-51(37-53)59-41-55(47-21-7-3-8-22-47)39-56(42-59)48-23-9-4-10-24-48)73-70(75-71)54-32-20-30-52(38-54)60-43-57(49-25-11-5-12-26-49)40-58(44-60)50-27-13-6-14-28-50/h3-5,7-13,15-46H,1-2H3. The minimum absolute atomic E-state index is 0.204. The van der Waals surface area contributed by atoms with Crippen LogP contribution in [0.5, 0.6) is 0 Å². The fourth-order valence-corrected chi connectivity index (χ4v) is 11.5. The van der Waals surface area contributed by atoms with Gasteiger partial charge in [-0.3, -0.25) is 4.57 Å². The first-order valence-electron chi connectivity index (χ1n) is 25.9. The first kappa shape index (κ1) is 44.7. The highest BCUT2D eigenvalue weighted by Crippen LogP contribution is 2.51. The fraction of sp³-hybridized carbons (Fsp3) is 0.0417. The van der Waals surface area contributed by atoms with Crippen molar-refractivity contribution in [2.24, 2.45) is 0 Å². The number of nitrogens with zero attached hydrogens (tertiary/aromatic N) is 4. The summed E-state index contributed by atoms with van der Waals surface area (Å²) in [5.41, 5.74) is 22.2. The topological polar surface area (TPSA) is 43.6 Å². The van der Waals surface area contributed by atoms with Gasteiger partial charge in [-0.1, -0.05) is 196 Å². The van der Waals surface area contributed by atoms with Crippen molar-refractivity contribution in [1.29, 1.82) is 0 Å². The highest BCUT2D eigenvalue weighted by molar-refractivity contribution is 6.11. The van der Waals surface area contributed by atoms with Crippen LogP contribution in [0, 0.1) is 12.1 Å². The Morgan fingerprint density at radius 3 is 1.33 bits per heavy atom. The molecule has 76 heavy (non-hydrogen) atoms. The van der Waals surface area contributed by atoms with Gasteiger partial charge in [0.15, 0.2) is 11.6 Å². The van der Waals surface area contributed by atoms with Gasteiger partial charge in [0.2, 0.25) is 5.95 Å². The lowest BCUT2D eigenvalue weighted by Gasteiger charge is -2.21. The molecule has 0 fully saturated rings. The maximum atomic E-state index is 5.51. The minimum atomic E-state index is -0.204. The Kier molecular flexibility index (Phi) is 10.7. The van der Waals surface area contributed by atoms with Gasteiger partial charge in [0.25, 0.3) is 0 Å². The second-order valence-corrected chi connectivity index (χ2v) is 20.3. The molecule has 4 nitrogen and oxygen atoms in total. The molecular formula is C72H48N4. The lowest BCUT2D eigenvalue weighted by molar-refractivity contribution is 0.661. The summed E-state index contributed by atoms with van der Waals surface area (Å²) in [7, 11) is 0. The van der Waals surface area contributed by atoms with Crippen molar-refractivity contribution < 1.29 is 0 Å². The Morgan fingerprint density at radius 2 is 0.776 bits per heavy atom. The lowest BCUT2D eigenvalue weighted by atomic mass is 9.82. The average molecular weight is 969 g/mol. The second kappa shape index (κ2) is 18.2. The van der Waals surface area contributed by atoms with E-state index in [0.717, 1.165) is 99.7 Å². The van der Waals surface area contributed by atoms with Gasteiger partial charge < -0.3 is 0 Å². The molecule has 2 aromatic heterocycles. The number of para-hydroxylation sites is 1. The van der Waals surface area contributed by atoms with Gasteiger partial charge in [-0.05, 0) is 174 Å². The third-order valence-electron chi connectivity index (χ3n) is 15.3. The Balaban J connectivity index is 0.974. The molecule has 2 heterocycles. The molecular weight excluding hydrogens is 921 g/mol. The summed E-state index contributed by atoms with van der Waals surface area (Å²) < 4.78 is 2.26. The molecule has 0 bridgehead atoms. The van der Waals surface area contributed by atoms with Crippen molar-refractivity contribution in [1.82, 2.24) is 19.5 Å². The lowest BCUT2D eigenvalue weighted by Crippen LogP contribution is -2.15. The van der Waals surface area contributed by atoms with E-state index in [0.29, 0.717) is 17.6 Å². The zero-order chi connectivity index (χ0) is 50.7. The van der Waals surface area contributed by atoms with Crippen molar-refractivity contribution in [2.75, 3.05) is 0 Å². The van der Waals surface area contributed by atoms with Gasteiger partial charge in [0.05, 0.1) is 11.0 Å². The van der Waals surface area contributed by atoms with Crippen LogP contribution in [0.3, 0.4) is 0 Å². The van der Waals surface area contributed by atoms with Crippen LogP contribution in [0.15, 0.2) is 255 Å². The Hall–Kier alpha value is -9.95. The summed E-state index contributed by atoms with van der Waals surface area (Å²) in [6.45, 7) is 4.67. The molecule has 356 valence electrons. The van der Waals surface area contributed by atoms with Crippen LogP contribution in [-0.4, -0.2) is 19.5 Å². The number of fused-ring (bicyclic) bond motifs is 6. The molecule has 14 rings (SSSR count). The molecule has 13 aromatic rings. The van der Waals surface area contributed by atoms with E-state index in [1.165, 1.54) is 22.3 Å². The van der Waals surface area contributed by atoms with Crippen molar-refractivity contribution in [2.45, 2.75) is 19.3 Å². The van der Waals surface area contributed by atoms with E-state index in [4.69, 9.17) is 15.0 Å². The Morgan fingerprint density at radius 1 is 0.316 bits per heavy atom. The Bertz CT molecular complexity index is 4040. The number of rotatable bonds is 9. The highest BCUT2D eigenvalue weighted by atomic mass is 15.2. The average Bonchev–Trinajstić information content (AvgIpc) is 3.96. The van der Waals surface area contributed by atoms with E-state index in [1.807, 2.05) is 12.1 Å². The first-order chi connectivity index (χ1) is 37.4. The third kappa shape index (κ3) is 7.85. The quantitative estimate of drug-likeness (QED) is 0.145. The van der Waals surface area contributed by atoms with Gasteiger partial charge in [-0.2, -0.15) is 9.97 Å². The zero-order valence-corrected chi connectivity index (χ0v) is 42.0. The van der Waals surface area contributed by atoms with Crippen LogP contribution in [0.2, 0.25) is 0 Å². The van der Waals surface area contributed by atoms with E-state index < -0.39 is 0 Å². The van der Waals surface area contributed by atoms with E-state index in [9.17, 15) is 0 Å². The molecule has 0 unspecified atom stereocenters. The molecule has 0 atom stereocenters. The maximum Gasteiger partial charge on any atom is 0.238 e. The molecule has 0 amide bonds. The van der Waals surface area contributed by atoms with Gasteiger partial charge in [0.1, 0.15) is 0 Å². The van der Waals surface area contributed by atoms with Crippen molar-refractivity contribution >= 4 is 21.8 Å². The Labute approximate surface area is 443 Å². The summed E-state index contributed by atoms with van der Waals surface area (Å²) in [6.07, 6.45) is 0. The van der Waals surface area contributed by atoms with Crippen LogP contribution in [0.1, 0.15) is 25.0 Å². The second-order valence-electron chi connectivity index (χ2n) is 20.3. The van der Waals surface area contributed by atoms with Gasteiger partial charge in [0, 0.05) is 27.3 Å². The SMILES string of the molecule is CC1(C)c2ccccc2-c2cc3c4ccccc4n(-c4nc(-c5cccc(-c6cc(-c7cc#ccc7)cc(-c7ccccc7)c6)c5)nc(-c5cccc(-c6cc(-c7ccccc7)cc(-c7ccccc7)c6)c5)n4)c3cc21. The molecule has 0 saturated carbocycles. The summed E-state index contributed by atoms with van der Waals surface area (Å²) in [4.78, 5) is 16.5. The molecule has 0 N–H and O–H groups in total. The maximum absolute atomic E-state index is 5.51. The molecule has 4 heteroatoms. The smallest absolute Gasteiger partial charge is 0.238 e. The van der Waals surface area contributed by atoms with Crippen LogP contribution in [0.25, 0.3) is 128 Å². The van der Waals surface area contributed by atoms with Crippen LogP contribution in [-0.2, 0) is 5.41 Å². The number of hydrogen-bond donors (Lipinski definition) is 0. The minimum Gasteiger partial charge on any atom is -0.278 e. The van der Waals surface area contributed by atoms with E-state index in [1.54, 1.807) is 0 Å². The molecule has 0 spiro atoms. The van der Waals surface area contributed by atoms with Crippen molar-refractivity contribution in [3.05, 3.63) is 278 Å². The van der Waals surface area contributed by atoms with Gasteiger partial charge in [-0.25, -0.2) is 4.98 Å². The molecule has 0 saturated heterocycles. The molecule has 0 aliphatic heterocycles. The summed E-state index contributed by atoms with van der Waals surface area (Å²) in [6, 6.07) is 97.3. The predicted molar refractivity (Wildman–Crippen MR) is 313 cm³/mol. The normalized spacial score (nSPS) is 12.3. The van der Waals surface area contributed by atoms with Crippen LogP contribution < -0.4 is 0 Å². The summed E-state index contributed by atoms with van der Waals surface area (Å²) in [5.74, 6) is 1.72. The molecule has 1 aliphatic carbocycles. The van der Waals surface area contributed by atoms with Crippen LogP contribution >= 0.6 is 0 Å². The van der Waals surface area contributed by atoms with E-state index >= 15 is 0 Å². The van der Waals surface area contributed by atoms with Crippen LogP contribution in [0.4, 0.5) is 0 Å². The largest absolute Gasteiger partial charge is 0.278 e. The monoisotopic (exact) mass is 968 g/mol. The van der Waals surface area contributed by atoms with E-state index in [-0.39, 0.29) is 5.41 Å². The molecule has 0 radical (unpaired) electrons. The predicted octanol–water partition coefficient (Wildman–Crippen LogP) is 18.2. The number of hydrogen-bond acceptors (Lipinski definition) is 3. The first-order valence-corrected chi connectivity index (χ1v) is 25.9. The number of benzene rings is 10. The van der Waals surface area contributed by atoms with Gasteiger partial charge >= 0.3 is 0 Å². The number of aromatic nitrogens is 4. The van der Waals surface area contributed by atoms with E-state index in [2.05, 4.69) is 273 Å². The third-order valence-corrected chi connectivity index (χ3v) is 15.3.